The number of methoxy groups -OCH3 is 1. The second-order valence-corrected chi connectivity index (χ2v) is 7.17. The first-order valence-corrected chi connectivity index (χ1v) is 7.59. The van der Waals surface area contributed by atoms with Crippen molar-refractivity contribution in [1.82, 2.24) is 10.6 Å². The van der Waals surface area contributed by atoms with Gasteiger partial charge in [-0.15, -0.1) is 0 Å². The molecule has 2 aliphatic carbocycles. The number of hydrogen-bond acceptors (Lipinski definition) is 4. The van der Waals surface area contributed by atoms with Gasteiger partial charge in [0.2, 0.25) is 0 Å². The Morgan fingerprint density at radius 1 is 1.30 bits per heavy atom. The van der Waals surface area contributed by atoms with Gasteiger partial charge in [-0.3, -0.25) is 0 Å². The highest BCUT2D eigenvalue weighted by molar-refractivity contribution is 5.69. The van der Waals surface area contributed by atoms with E-state index in [2.05, 4.69) is 10.6 Å². The topological polar surface area (TPSA) is 59.6 Å². The van der Waals surface area contributed by atoms with Crippen LogP contribution in [0.4, 0.5) is 4.79 Å². The maximum atomic E-state index is 11.9. The van der Waals surface area contributed by atoms with Gasteiger partial charge in [-0.25, -0.2) is 4.79 Å². The lowest BCUT2D eigenvalue weighted by Gasteiger charge is -2.45. The van der Waals surface area contributed by atoms with E-state index in [1.807, 2.05) is 20.8 Å². The van der Waals surface area contributed by atoms with Crippen molar-refractivity contribution < 1.29 is 14.3 Å². The van der Waals surface area contributed by atoms with Crippen LogP contribution in [0.1, 0.15) is 52.9 Å². The van der Waals surface area contributed by atoms with E-state index in [0.29, 0.717) is 12.1 Å². The van der Waals surface area contributed by atoms with Crippen LogP contribution in [0.15, 0.2) is 0 Å². The molecule has 0 bridgehead atoms. The number of nitrogens with one attached hydrogen (secondary N) is 2. The minimum Gasteiger partial charge on any atom is -0.444 e. The fourth-order valence-electron chi connectivity index (χ4n) is 2.73. The molecule has 0 spiro atoms. The Balaban J connectivity index is 1.74. The Morgan fingerprint density at radius 3 is 2.40 bits per heavy atom. The number of carbonyl (C=O) groups is 1. The average molecular weight is 284 g/mol. The van der Waals surface area contributed by atoms with Gasteiger partial charge in [0.15, 0.2) is 0 Å². The second-order valence-electron chi connectivity index (χ2n) is 7.17. The summed E-state index contributed by atoms with van der Waals surface area (Å²) < 4.78 is 10.6. The summed E-state index contributed by atoms with van der Waals surface area (Å²) in [5.41, 5.74) is -0.553. The molecule has 2 fully saturated rings. The Bertz CT molecular complexity index is 342. The highest BCUT2D eigenvalue weighted by Crippen LogP contribution is 2.32. The van der Waals surface area contributed by atoms with Crippen molar-refractivity contribution in [3.63, 3.8) is 0 Å². The standard InChI is InChI=1S/C15H28N2O3/c1-14(2,3)20-13(18)17-15(6-5-7-15)10-16-11-8-12(9-11)19-4/h11-12,16H,5-10H2,1-4H3,(H,17,18). The summed E-state index contributed by atoms with van der Waals surface area (Å²) in [7, 11) is 1.76. The maximum Gasteiger partial charge on any atom is 0.408 e. The Kier molecular flexibility index (Phi) is 4.59. The van der Waals surface area contributed by atoms with Crippen LogP contribution in [0.5, 0.6) is 0 Å². The van der Waals surface area contributed by atoms with Crippen molar-refractivity contribution in [2.45, 2.75) is 76.2 Å². The molecule has 0 aromatic heterocycles. The number of carbonyl (C=O) groups excluding carboxylic acids is 1. The average Bonchev–Trinajstić information content (AvgIpc) is 2.20. The summed E-state index contributed by atoms with van der Waals surface area (Å²) in [5.74, 6) is 0. The first-order chi connectivity index (χ1) is 9.32. The summed E-state index contributed by atoms with van der Waals surface area (Å²) in [6.07, 6.45) is 5.46. The minimum atomic E-state index is -0.442. The highest BCUT2D eigenvalue weighted by Gasteiger charge is 2.40. The number of amides is 1. The summed E-state index contributed by atoms with van der Waals surface area (Å²) in [5, 5.41) is 6.60. The number of rotatable bonds is 5. The van der Waals surface area contributed by atoms with Gasteiger partial charge in [0.05, 0.1) is 11.6 Å². The molecule has 2 aliphatic rings. The molecule has 5 heteroatoms. The van der Waals surface area contributed by atoms with Crippen LogP contribution in [-0.4, -0.2) is 43.0 Å². The van der Waals surface area contributed by atoms with Crippen LogP contribution in [0.2, 0.25) is 0 Å². The number of ether oxygens (including phenoxy) is 2. The molecule has 2 N–H and O–H groups in total. The van der Waals surface area contributed by atoms with Crippen LogP contribution >= 0.6 is 0 Å². The number of hydrogen-bond donors (Lipinski definition) is 2. The first-order valence-electron chi connectivity index (χ1n) is 7.59. The van der Waals surface area contributed by atoms with Crippen molar-refractivity contribution in [3.8, 4) is 0 Å². The summed E-state index contributed by atoms with van der Waals surface area (Å²) in [4.78, 5) is 11.9. The predicted molar refractivity (Wildman–Crippen MR) is 77.8 cm³/mol. The second kappa shape index (κ2) is 5.90. The molecule has 0 heterocycles. The molecule has 20 heavy (non-hydrogen) atoms. The molecular weight excluding hydrogens is 256 g/mol. The van der Waals surface area contributed by atoms with E-state index in [0.717, 1.165) is 32.2 Å². The van der Waals surface area contributed by atoms with E-state index in [4.69, 9.17) is 9.47 Å². The lowest BCUT2D eigenvalue weighted by atomic mass is 9.76. The van der Waals surface area contributed by atoms with Gasteiger partial charge in [-0.05, 0) is 52.9 Å². The van der Waals surface area contributed by atoms with Gasteiger partial charge >= 0.3 is 6.09 Å². The van der Waals surface area contributed by atoms with Crippen molar-refractivity contribution in [2.24, 2.45) is 0 Å². The van der Waals surface area contributed by atoms with Crippen LogP contribution < -0.4 is 10.6 Å². The van der Waals surface area contributed by atoms with Gasteiger partial charge in [0.25, 0.3) is 0 Å². The monoisotopic (exact) mass is 284 g/mol. The van der Waals surface area contributed by atoms with Crippen LogP contribution in [0.25, 0.3) is 0 Å². The maximum absolute atomic E-state index is 11.9. The fraction of sp³-hybridized carbons (Fsp3) is 0.933. The molecular formula is C15H28N2O3. The molecule has 0 aromatic rings. The third-order valence-electron chi connectivity index (χ3n) is 4.23. The predicted octanol–water partition coefficient (Wildman–Crippen LogP) is 2.20. The van der Waals surface area contributed by atoms with Crippen molar-refractivity contribution in [2.75, 3.05) is 13.7 Å². The van der Waals surface area contributed by atoms with Gasteiger partial charge in [-0.1, -0.05) is 0 Å². The number of alkyl carbamates (subject to hydrolysis) is 1. The van der Waals surface area contributed by atoms with Crippen LogP contribution in [0.3, 0.4) is 0 Å². The highest BCUT2D eigenvalue weighted by atomic mass is 16.6. The summed E-state index contributed by atoms with van der Waals surface area (Å²) in [6, 6.07) is 0.526. The van der Waals surface area contributed by atoms with E-state index >= 15 is 0 Å². The zero-order chi connectivity index (χ0) is 14.8. The molecule has 0 radical (unpaired) electrons. The quantitative estimate of drug-likeness (QED) is 0.812. The van der Waals surface area contributed by atoms with Crippen LogP contribution in [0, 0.1) is 0 Å². The molecule has 1 amide bonds. The third kappa shape index (κ3) is 4.09. The smallest absolute Gasteiger partial charge is 0.408 e. The molecule has 0 saturated heterocycles. The van der Waals surface area contributed by atoms with Crippen molar-refractivity contribution in [1.29, 1.82) is 0 Å². The molecule has 0 aliphatic heterocycles. The van der Waals surface area contributed by atoms with Crippen molar-refractivity contribution >= 4 is 6.09 Å². The van der Waals surface area contributed by atoms with Crippen LogP contribution in [-0.2, 0) is 9.47 Å². The van der Waals surface area contributed by atoms with Gasteiger partial charge in [-0.2, -0.15) is 0 Å². The Hall–Kier alpha value is -0.810. The molecule has 2 rings (SSSR count). The van der Waals surface area contributed by atoms with E-state index in [9.17, 15) is 4.79 Å². The zero-order valence-corrected chi connectivity index (χ0v) is 13.1. The van der Waals surface area contributed by atoms with Crippen molar-refractivity contribution in [3.05, 3.63) is 0 Å². The zero-order valence-electron chi connectivity index (χ0n) is 13.1. The molecule has 0 aromatic carbocycles. The Labute approximate surface area is 121 Å². The SMILES string of the molecule is COC1CC(NCC2(NC(=O)OC(C)(C)C)CCC2)C1. The lowest BCUT2D eigenvalue weighted by Crippen LogP contribution is -2.62. The third-order valence-corrected chi connectivity index (χ3v) is 4.23. The minimum absolute atomic E-state index is 0.111. The van der Waals surface area contributed by atoms with E-state index in [1.165, 1.54) is 6.42 Å². The van der Waals surface area contributed by atoms with E-state index < -0.39 is 5.60 Å². The molecule has 116 valence electrons. The largest absolute Gasteiger partial charge is 0.444 e. The molecule has 5 nitrogen and oxygen atoms in total. The molecule has 0 atom stereocenters. The molecule has 2 saturated carbocycles. The molecule has 0 unspecified atom stereocenters. The summed E-state index contributed by atoms with van der Waals surface area (Å²) in [6.45, 7) is 6.49. The fourth-order valence-corrected chi connectivity index (χ4v) is 2.73. The van der Waals surface area contributed by atoms with Gasteiger partial charge in [0.1, 0.15) is 5.60 Å². The van der Waals surface area contributed by atoms with Gasteiger partial charge < -0.3 is 20.1 Å². The first kappa shape index (κ1) is 15.6. The van der Waals surface area contributed by atoms with Gasteiger partial charge in [0, 0.05) is 19.7 Å². The van der Waals surface area contributed by atoms with E-state index in [1.54, 1.807) is 7.11 Å². The normalized spacial score (nSPS) is 28.2. The summed E-state index contributed by atoms with van der Waals surface area (Å²) >= 11 is 0. The Morgan fingerprint density at radius 2 is 1.95 bits per heavy atom. The van der Waals surface area contributed by atoms with E-state index in [-0.39, 0.29) is 11.6 Å². The lowest BCUT2D eigenvalue weighted by molar-refractivity contribution is 0.0105.